The van der Waals surface area contributed by atoms with Crippen molar-refractivity contribution in [1.82, 2.24) is 4.98 Å². The highest BCUT2D eigenvalue weighted by Crippen LogP contribution is 2.22. The molecule has 3 aromatic rings. The molecule has 0 saturated heterocycles. The Labute approximate surface area is 167 Å². The molecule has 0 aliphatic rings. The number of hydrogen-bond donors (Lipinski definition) is 0. The second-order valence-corrected chi connectivity index (χ2v) is 7.03. The van der Waals surface area contributed by atoms with Gasteiger partial charge in [0, 0.05) is 16.2 Å². The fourth-order valence-corrected chi connectivity index (χ4v) is 3.00. The zero-order chi connectivity index (χ0) is 21.2. The SMILES string of the molecule is Cc1nc(C#Cc2ccc(-c3ccc(F)cc3C)[n+](OC(=O)C(F)(F)F)c2)cs1. The van der Waals surface area contributed by atoms with Crippen LogP contribution in [0.25, 0.3) is 11.3 Å². The summed E-state index contributed by atoms with van der Waals surface area (Å²) in [6.45, 7) is 3.41. The number of rotatable bonds is 2. The number of pyridine rings is 1. The molecular formula is C20H13F4N2O2S+. The molecule has 0 aliphatic carbocycles. The van der Waals surface area contributed by atoms with Crippen LogP contribution in [0.1, 0.15) is 21.8 Å². The Balaban J connectivity index is 2.06. The van der Waals surface area contributed by atoms with E-state index in [1.165, 1.54) is 29.5 Å². The van der Waals surface area contributed by atoms with Crippen molar-refractivity contribution in [3.8, 4) is 23.1 Å². The number of aromatic nitrogens is 2. The Morgan fingerprint density at radius 1 is 1.17 bits per heavy atom. The van der Waals surface area contributed by atoms with Gasteiger partial charge in [0.15, 0.2) is 0 Å². The van der Waals surface area contributed by atoms with Gasteiger partial charge in [-0.1, -0.05) is 5.92 Å². The first-order valence-electron chi connectivity index (χ1n) is 8.19. The first-order valence-corrected chi connectivity index (χ1v) is 9.07. The van der Waals surface area contributed by atoms with E-state index in [-0.39, 0.29) is 5.69 Å². The number of aryl methyl sites for hydroxylation is 2. The molecule has 0 fully saturated rings. The van der Waals surface area contributed by atoms with E-state index in [1.807, 2.05) is 6.92 Å². The van der Waals surface area contributed by atoms with Crippen LogP contribution in [0.2, 0.25) is 0 Å². The van der Waals surface area contributed by atoms with Gasteiger partial charge in [-0.15, -0.1) is 11.3 Å². The quantitative estimate of drug-likeness (QED) is 0.360. The third kappa shape index (κ3) is 4.97. The monoisotopic (exact) mass is 421 g/mol. The molecule has 3 rings (SSSR count). The van der Waals surface area contributed by atoms with Crippen LogP contribution in [0.15, 0.2) is 41.9 Å². The van der Waals surface area contributed by atoms with E-state index < -0.39 is 18.0 Å². The molecule has 0 radical (unpaired) electrons. The summed E-state index contributed by atoms with van der Waals surface area (Å²) in [6, 6.07) is 6.78. The predicted molar refractivity (Wildman–Crippen MR) is 97.2 cm³/mol. The average molecular weight is 421 g/mol. The van der Waals surface area contributed by atoms with Crippen molar-refractivity contribution < 1.29 is 31.9 Å². The summed E-state index contributed by atoms with van der Waals surface area (Å²) in [4.78, 5) is 20.1. The van der Waals surface area contributed by atoms with Crippen LogP contribution in [0, 0.1) is 31.5 Å². The van der Waals surface area contributed by atoms with Crippen LogP contribution in [0.4, 0.5) is 17.6 Å². The van der Waals surface area contributed by atoms with Gasteiger partial charge in [-0.05, 0) is 49.6 Å². The minimum Gasteiger partial charge on any atom is -0.234 e. The number of hydrogen-bond acceptors (Lipinski definition) is 4. The first kappa shape index (κ1) is 20.5. The summed E-state index contributed by atoms with van der Waals surface area (Å²) in [5.41, 5.74) is 1.81. The maximum atomic E-state index is 13.4. The number of halogens is 4. The molecule has 2 heterocycles. The molecule has 0 bridgehead atoms. The number of nitrogens with zero attached hydrogens (tertiary/aromatic N) is 2. The summed E-state index contributed by atoms with van der Waals surface area (Å²) in [6.07, 6.45) is -4.02. The van der Waals surface area contributed by atoms with Gasteiger partial charge in [0.25, 0.3) is 5.69 Å². The van der Waals surface area contributed by atoms with Crippen molar-refractivity contribution in [3.63, 3.8) is 0 Å². The maximum absolute atomic E-state index is 13.4. The molecule has 0 N–H and O–H groups in total. The van der Waals surface area contributed by atoms with Crippen LogP contribution in [-0.2, 0) is 4.79 Å². The molecule has 9 heteroatoms. The van der Waals surface area contributed by atoms with Crippen molar-refractivity contribution in [1.29, 1.82) is 0 Å². The smallest absolute Gasteiger partial charge is 0.234 e. The van der Waals surface area contributed by atoms with E-state index in [1.54, 1.807) is 18.4 Å². The van der Waals surface area contributed by atoms with Gasteiger partial charge in [-0.2, -0.15) is 18.0 Å². The summed E-state index contributed by atoms with van der Waals surface area (Å²) < 4.78 is 52.2. The van der Waals surface area contributed by atoms with E-state index in [0.717, 1.165) is 17.3 Å². The minimum atomic E-state index is -5.18. The average Bonchev–Trinajstić information content (AvgIpc) is 3.05. The van der Waals surface area contributed by atoms with Crippen LogP contribution in [0.5, 0.6) is 0 Å². The van der Waals surface area contributed by atoms with E-state index >= 15 is 0 Å². The molecule has 148 valence electrons. The number of benzene rings is 1. The fraction of sp³-hybridized carbons (Fsp3) is 0.150. The van der Waals surface area contributed by atoms with Crippen molar-refractivity contribution in [3.05, 3.63) is 69.6 Å². The molecule has 0 saturated carbocycles. The van der Waals surface area contributed by atoms with Gasteiger partial charge in [0.2, 0.25) is 6.20 Å². The van der Waals surface area contributed by atoms with Crippen LogP contribution >= 0.6 is 11.3 Å². The van der Waals surface area contributed by atoms with Crippen LogP contribution < -0.4 is 9.57 Å². The fourth-order valence-electron chi connectivity index (χ4n) is 2.45. The van der Waals surface area contributed by atoms with E-state index in [4.69, 9.17) is 0 Å². The third-order valence-electron chi connectivity index (χ3n) is 3.75. The predicted octanol–water partition coefficient (Wildman–Crippen LogP) is 3.77. The standard InChI is InChI=1S/C20H13F4N2O2S/c1-12-9-15(21)5-7-17(12)18-8-4-14(3-6-16-11-29-13(2)25-16)10-26(18)28-19(27)20(22,23)24/h4-5,7-11H,1-2H3/q+1. The van der Waals surface area contributed by atoms with Crippen LogP contribution in [-0.4, -0.2) is 17.1 Å². The highest BCUT2D eigenvalue weighted by molar-refractivity contribution is 7.09. The molecule has 2 aromatic heterocycles. The lowest BCUT2D eigenvalue weighted by Gasteiger charge is -2.07. The Kier molecular flexibility index (Phi) is 5.66. The molecular weight excluding hydrogens is 408 g/mol. The highest BCUT2D eigenvalue weighted by Gasteiger charge is 2.45. The summed E-state index contributed by atoms with van der Waals surface area (Å²) in [7, 11) is 0. The molecule has 0 unspecified atom stereocenters. The number of carbonyl (C=O) groups excluding carboxylic acids is 1. The molecule has 0 amide bonds. The van der Waals surface area contributed by atoms with Gasteiger partial charge >= 0.3 is 12.1 Å². The van der Waals surface area contributed by atoms with Gasteiger partial charge in [0.1, 0.15) is 11.5 Å². The normalized spacial score (nSPS) is 11.0. The molecule has 0 aliphatic heterocycles. The summed E-state index contributed by atoms with van der Waals surface area (Å²) in [5, 5.41) is 2.57. The molecule has 0 atom stereocenters. The lowest BCUT2D eigenvalue weighted by Crippen LogP contribution is -2.51. The van der Waals surface area contributed by atoms with Gasteiger partial charge in [-0.3, -0.25) is 0 Å². The second kappa shape index (κ2) is 8.01. The third-order valence-corrected chi connectivity index (χ3v) is 4.52. The van der Waals surface area contributed by atoms with E-state index in [0.29, 0.717) is 27.1 Å². The number of carbonyl (C=O) groups is 1. The van der Waals surface area contributed by atoms with Crippen molar-refractivity contribution in [2.45, 2.75) is 20.0 Å². The Morgan fingerprint density at radius 3 is 2.55 bits per heavy atom. The second-order valence-electron chi connectivity index (χ2n) is 5.97. The lowest BCUT2D eigenvalue weighted by atomic mass is 10.0. The maximum Gasteiger partial charge on any atom is 0.498 e. The highest BCUT2D eigenvalue weighted by atomic mass is 32.1. The topological polar surface area (TPSA) is 43.1 Å². The largest absolute Gasteiger partial charge is 0.498 e. The van der Waals surface area contributed by atoms with E-state index in [9.17, 15) is 22.4 Å². The summed E-state index contributed by atoms with van der Waals surface area (Å²) >= 11 is 1.41. The van der Waals surface area contributed by atoms with Crippen LogP contribution in [0.3, 0.4) is 0 Å². The zero-order valence-electron chi connectivity index (χ0n) is 15.2. The Morgan fingerprint density at radius 2 is 1.93 bits per heavy atom. The molecule has 4 nitrogen and oxygen atoms in total. The van der Waals surface area contributed by atoms with Crippen molar-refractivity contribution in [2.75, 3.05) is 0 Å². The van der Waals surface area contributed by atoms with Crippen molar-refractivity contribution >= 4 is 17.3 Å². The van der Waals surface area contributed by atoms with Gasteiger partial charge < -0.3 is 0 Å². The molecule has 0 spiro atoms. The number of thiazole rings is 1. The molecule has 29 heavy (non-hydrogen) atoms. The van der Waals surface area contributed by atoms with Gasteiger partial charge in [-0.25, -0.2) is 14.2 Å². The minimum absolute atomic E-state index is 0.134. The van der Waals surface area contributed by atoms with Crippen molar-refractivity contribution in [2.24, 2.45) is 0 Å². The van der Waals surface area contributed by atoms with E-state index in [2.05, 4.69) is 21.7 Å². The first-order chi connectivity index (χ1) is 13.6. The van der Waals surface area contributed by atoms with Gasteiger partial charge in [0.05, 0.1) is 16.1 Å². The molecule has 1 aromatic carbocycles. The number of alkyl halides is 3. The lowest BCUT2D eigenvalue weighted by molar-refractivity contribution is -0.862. The summed E-state index contributed by atoms with van der Waals surface area (Å²) in [5.74, 6) is 2.68. The Bertz CT molecular complexity index is 1140. The Hall–Kier alpha value is -3.25. The zero-order valence-corrected chi connectivity index (χ0v) is 16.0.